The minimum Gasteiger partial charge on any atom is -0.504 e. The summed E-state index contributed by atoms with van der Waals surface area (Å²) >= 11 is 0. The molecule has 0 saturated carbocycles. The summed E-state index contributed by atoms with van der Waals surface area (Å²) in [5.74, 6) is -0.963. The first-order chi connectivity index (χ1) is 16.2. The van der Waals surface area contributed by atoms with E-state index in [2.05, 4.69) is 4.72 Å². The van der Waals surface area contributed by atoms with E-state index in [4.69, 9.17) is 0 Å². The highest BCUT2D eigenvalue weighted by atomic mass is 32.2. The molecule has 4 aromatic rings. The van der Waals surface area contributed by atoms with Crippen LogP contribution < -0.4 is 4.72 Å². The van der Waals surface area contributed by atoms with Crippen molar-refractivity contribution in [3.63, 3.8) is 0 Å². The van der Waals surface area contributed by atoms with Gasteiger partial charge in [0.05, 0.1) is 4.90 Å². The number of phenols is 4. The van der Waals surface area contributed by atoms with Crippen molar-refractivity contribution in [2.75, 3.05) is 0 Å². The van der Waals surface area contributed by atoms with E-state index in [9.17, 15) is 28.8 Å². The molecule has 174 valence electrons. The van der Waals surface area contributed by atoms with Gasteiger partial charge < -0.3 is 20.4 Å². The van der Waals surface area contributed by atoms with E-state index in [-0.39, 0.29) is 34.4 Å². The zero-order valence-electron chi connectivity index (χ0n) is 18.0. The summed E-state index contributed by atoms with van der Waals surface area (Å²) in [4.78, 5) is 0.0591. The molecule has 34 heavy (non-hydrogen) atoms. The highest BCUT2D eigenvalue weighted by Crippen LogP contribution is 2.33. The Kier molecular flexibility index (Phi) is 6.45. The summed E-state index contributed by atoms with van der Waals surface area (Å²) in [6.07, 6.45) is 0.548. The minimum absolute atomic E-state index is 0.0591. The molecule has 0 unspecified atom stereocenters. The second kappa shape index (κ2) is 9.46. The van der Waals surface area contributed by atoms with Crippen LogP contribution in [0.15, 0.2) is 89.8 Å². The van der Waals surface area contributed by atoms with Crippen LogP contribution in [-0.2, 0) is 23.0 Å². The molecule has 0 bridgehead atoms. The lowest BCUT2D eigenvalue weighted by Crippen LogP contribution is -2.23. The van der Waals surface area contributed by atoms with Crippen LogP contribution in [0.5, 0.6) is 23.0 Å². The summed E-state index contributed by atoms with van der Waals surface area (Å²) in [6, 6.07) is 22.7. The molecule has 0 aliphatic rings. The first kappa shape index (κ1) is 23.2. The normalized spacial score (nSPS) is 11.4. The Balaban J connectivity index is 1.48. The molecule has 0 amide bonds. The summed E-state index contributed by atoms with van der Waals surface area (Å²) in [5, 5.41) is 38.4. The third-order valence-electron chi connectivity index (χ3n) is 5.40. The van der Waals surface area contributed by atoms with E-state index < -0.39 is 10.0 Å². The molecule has 4 rings (SSSR count). The third kappa shape index (κ3) is 5.14. The van der Waals surface area contributed by atoms with Gasteiger partial charge in [0.15, 0.2) is 23.0 Å². The minimum atomic E-state index is -3.87. The van der Waals surface area contributed by atoms with Crippen LogP contribution in [0.4, 0.5) is 0 Å². The lowest BCUT2D eigenvalue weighted by Gasteiger charge is -2.13. The first-order valence-corrected chi connectivity index (χ1v) is 11.9. The Labute approximate surface area is 197 Å². The fourth-order valence-electron chi connectivity index (χ4n) is 3.58. The number of sulfonamides is 1. The van der Waals surface area contributed by atoms with Gasteiger partial charge in [-0.3, -0.25) is 0 Å². The van der Waals surface area contributed by atoms with Gasteiger partial charge in [0, 0.05) is 12.1 Å². The van der Waals surface area contributed by atoms with Crippen LogP contribution in [0.2, 0.25) is 0 Å². The molecule has 0 spiro atoms. The maximum atomic E-state index is 13.1. The van der Waals surface area contributed by atoms with Gasteiger partial charge in [0.2, 0.25) is 10.0 Å². The van der Waals surface area contributed by atoms with Crippen LogP contribution >= 0.6 is 0 Å². The van der Waals surface area contributed by atoms with E-state index in [0.29, 0.717) is 17.5 Å². The van der Waals surface area contributed by atoms with Gasteiger partial charge in [0.1, 0.15) is 0 Å². The maximum absolute atomic E-state index is 13.1. The summed E-state index contributed by atoms with van der Waals surface area (Å²) < 4.78 is 28.7. The average molecular weight is 478 g/mol. The van der Waals surface area contributed by atoms with Crippen molar-refractivity contribution in [1.29, 1.82) is 0 Å². The summed E-state index contributed by atoms with van der Waals surface area (Å²) in [5.41, 5.74) is 3.43. The second-order valence-electron chi connectivity index (χ2n) is 7.84. The molecule has 0 radical (unpaired) electrons. The molecule has 4 aromatic carbocycles. The van der Waals surface area contributed by atoms with E-state index in [0.717, 1.165) is 16.7 Å². The number of nitrogens with one attached hydrogen (secondary N) is 1. The van der Waals surface area contributed by atoms with Gasteiger partial charge in [-0.15, -0.1) is 0 Å². The Morgan fingerprint density at radius 3 is 1.88 bits per heavy atom. The number of rotatable bonds is 7. The zero-order valence-corrected chi connectivity index (χ0v) is 18.8. The Bertz CT molecular complexity index is 1430. The molecular weight excluding hydrogens is 454 g/mol. The molecule has 8 heteroatoms. The fourth-order valence-corrected chi connectivity index (χ4v) is 4.82. The highest BCUT2D eigenvalue weighted by molar-refractivity contribution is 7.89. The predicted octanol–water partition coefficient (Wildman–Crippen LogP) is 4.25. The smallest absolute Gasteiger partial charge is 0.241 e. The molecule has 0 fully saturated rings. The SMILES string of the molecule is O=S(=O)(NCc1ccc(Cc2ccc(O)c(O)c2)cc1)c1ccccc1-c1ccc(O)c(O)c1. The summed E-state index contributed by atoms with van der Waals surface area (Å²) in [7, 11) is -3.87. The van der Waals surface area contributed by atoms with E-state index in [1.165, 1.54) is 36.4 Å². The van der Waals surface area contributed by atoms with Crippen molar-refractivity contribution in [2.45, 2.75) is 17.9 Å². The van der Waals surface area contributed by atoms with E-state index in [1.807, 2.05) is 24.3 Å². The molecule has 0 atom stereocenters. The van der Waals surface area contributed by atoms with Crippen molar-refractivity contribution in [3.05, 3.63) is 102 Å². The van der Waals surface area contributed by atoms with Crippen LogP contribution in [0, 0.1) is 0 Å². The number of benzene rings is 4. The van der Waals surface area contributed by atoms with Crippen molar-refractivity contribution < 1.29 is 28.8 Å². The summed E-state index contributed by atoms with van der Waals surface area (Å²) in [6.45, 7) is 0.0811. The van der Waals surface area contributed by atoms with Gasteiger partial charge in [0.25, 0.3) is 0 Å². The number of phenolic OH excluding ortho intramolecular Hbond substituents is 4. The first-order valence-electron chi connectivity index (χ1n) is 10.4. The Morgan fingerprint density at radius 1 is 0.618 bits per heavy atom. The van der Waals surface area contributed by atoms with Crippen LogP contribution in [0.1, 0.15) is 16.7 Å². The van der Waals surface area contributed by atoms with Gasteiger partial charge in [-0.1, -0.05) is 54.6 Å². The third-order valence-corrected chi connectivity index (χ3v) is 6.86. The molecule has 7 nitrogen and oxygen atoms in total. The van der Waals surface area contributed by atoms with E-state index in [1.54, 1.807) is 24.3 Å². The van der Waals surface area contributed by atoms with Crippen molar-refractivity contribution in [1.82, 2.24) is 4.72 Å². The molecule has 0 aliphatic heterocycles. The Morgan fingerprint density at radius 2 is 1.21 bits per heavy atom. The number of aromatic hydroxyl groups is 4. The largest absolute Gasteiger partial charge is 0.504 e. The predicted molar refractivity (Wildman–Crippen MR) is 128 cm³/mol. The second-order valence-corrected chi connectivity index (χ2v) is 9.58. The highest BCUT2D eigenvalue weighted by Gasteiger charge is 2.19. The molecule has 0 saturated heterocycles. The number of hydrogen-bond acceptors (Lipinski definition) is 6. The lowest BCUT2D eigenvalue weighted by atomic mass is 10.0. The quantitative estimate of drug-likeness (QED) is 0.253. The van der Waals surface area contributed by atoms with Crippen molar-refractivity contribution >= 4 is 10.0 Å². The zero-order chi connectivity index (χ0) is 24.3. The average Bonchev–Trinajstić information content (AvgIpc) is 2.83. The number of hydrogen-bond donors (Lipinski definition) is 5. The van der Waals surface area contributed by atoms with Gasteiger partial charge in [-0.25, -0.2) is 13.1 Å². The van der Waals surface area contributed by atoms with Gasteiger partial charge in [-0.2, -0.15) is 0 Å². The van der Waals surface area contributed by atoms with Gasteiger partial charge >= 0.3 is 0 Å². The van der Waals surface area contributed by atoms with Crippen molar-refractivity contribution in [2.24, 2.45) is 0 Å². The van der Waals surface area contributed by atoms with Crippen LogP contribution in [0.3, 0.4) is 0 Å². The molecular formula is C26H23NO6S. The fraction of sp³-hybridized carbons (Fsp3) is 0.0769. The maximum Gasteiger partial charge on any atom is 0.241 e. The molecule has 0 heterocycles. The molecule has 0 aromatic heterocycles. The van der Waals surface area contributed by atoms with Crippen molar-refractivity contribution in [3.8, 4) is 34.1 Å². The topological polar surface area (TPSA) is 127 Å². The van der Waals surface area contributed by atoms with E-state index >= 15 is 0 Å². The van der Waals surface area contributed by atoms with Crippen LogP contribution in [-0.4, -0.2) is 28.8 Å². The monoisotopic (exact) mass is 477 g/mol. The Hall–Kier alpha value is -4.01. The molecule has 5 N–H and O–H groups in total. The van der Waals surface area contributed by atoms with Crippen LogP contribution in [0.25, 0.3) is 11.1 Å². The standard InChI is InChI=1S/C26H23NO6S/c28-22-11-9-19(14-24(22)30)13-17-5-7-18(8-6-17)16-27-34(32,33)26-4-2-1-3-21(26)20-10-12-23(29)25(31)15-20/h1-12,14-15,27-31H,13,16H2. The lowest BCUT2D eigenvalue weighted by molar-refractivity contribution is 0.403. The molecule has 0 aliphatic carbocycles. The van der Waals surface area contributed by atoms with Gasteiger partial charge in [-0.05, 0) is 59.0 Å².